The van der Waals surface area contributed by atoms with Crippen LogP contribution in [0.2, 0.25) is 10.0 Å². The number of carbonyl (C=O) groups is 3. The number of amidine groups is 1. The van der Waals surface area contributed by atoms with Crippen molar-refractivity contribution in [3.8, 4) is 5.75 Å². The number of nitrogens with zero attached hydrogens (tertiary/aromatic N) is 4. The topological polar surface area (TPSA) is 115 Å². The molecule has 6 rings (SSSR count). The molecule has 0 radical (unpaired) electrons. The zero-order valence-corrected chi connectivity index (χ0v) is 30.5. The van der Waals surface area contributed by atoms with Gasteiger partial charge in [-0.05, 0) is 99.3 Å². The number of likely N-dealkylation sites (tertiary alicyclic amines) is 2. The highest BCUT2D eigenvalue weighted by molar-refractivity contribution is 6.30. The molecule has 10 nitrogen and oxygen atoms in total. The molecule has 2 fully saturated rings. The molecule has 2 N–H and O–H groups in total. The standard InChI is InChI=1S/C38H40Cl2F3N5O5/c1-2-53-31-21-26(38(41,42)43)7-12-30(31)35-45-33(23-3-8-27(39)9-4-23)34(24-5-10-28(40)11-6-24)48(35)37(52)47-19-15-29(16-20-47)44-32(49)22-46-17-13-25(14-18-46)36(50)51/h3-12,21,25,29,33-34H,2,13-20,22H2,1H3,(H,44,49)(H,50,51). The zero-order valence-electron chi connectivity index (χ0n) is 29.0. The SMILES string of the molecule is CCOc1cc(C(F)(F)F)ccc1C1=NC(c2ccc(Cl)cc2)C(c2ccc(Cl)cc2)N1C(=O)N1CCC(NC(=O)CN2CCC(C(=O)O)CC2)CC1. The number of aliphatic imine (C=N–C) groups is 1. The summed E-state index contributed by atoms with van der Waals surface area (Å²) in [7, 11) is 0. The van der Waals surface area contributed by atoms with Gasteiger partial charge in [0.15, 0.2) is 0 Å². The number of ether oxygens (including phenoxy) is 1. The summed E-state index contributed by atoms with van der Waals surface area (Å²) in [4.78, 5) is 49.2. The molecule has 53 heavy (non-hydrogen) atoms. The maximum atomic E-state index is 14.8. The van der Waals surface area contributed by atoms with Crippen molar-refractivity contribution in [2.45, 2.75) is 56.9 Å². The van der Waals surface area contributed by atoms with E-state index in [0.717, 1.165) is 17.7 Å². The molecule has 3 aromatic carbocycles. The lowest BCUT2D eigenvalue weighted by Gasteiger charge is -2.38. The molecular formula is C38H40Cl2F3N5O5. The Morgan fingerprint density at radius 2 is 1.49 bits per heavy atom. The van der Waals surface area contributed by atoms with Gasteiger partial charge in [0.2, 0.25) is 5.91 Å². The highest BCUT2D eigenvalue weighted by atomic mass is 35.5. The summed E-state index contributed by atoms with van der Waals surface area (Å²) in [5.41, 5.74) is 0.790. The van der Waals surface area contributed by atoms with Crippen molar-refractivity contribution in [2.24, 2.45) is 10.9 Å². The van der Waals surface area contributed by atoms with Gasteiger partial charge in [-0.25, -0.2) is 4.79 Å². The Morgan fingerprint density at radius 1 is 0.887 bits per heavy atom. The van der Waals surface area contributed by atoms with Crippen LogP contribution in [0, 0.1) is 5.92 Å². The molecule has 0 aromatic heterocycles. The lowest BCUT2D eigenvalue weighted by atomic mass is 9.93. The first-order valence-electron chi connectivity index (χ1n) is 17.6. The number of urea groups is 1. The maximum absolute atomic E-state index is 14.8. The van der Waals surface area contributed by atoms with Crippen molar-refractivity contribution in [3.63, 3.8) is 0 Å². The number of hydrogen-bond donors (Lipinski definition) is 2. The molecule has 0 spiro atoms. The summed E-state index contributed by atoms with van der Waals surface area (Å²) in [5.74, 6) is -1.25. The number of amides is 3. The van der Waals surface area contributed by atoms with Gasteiger partial charge in [0, 0.05) is 29.2 Å². The van der Waals surface area contributed by atoms with E-state index in [1.54, 1.807) is 48.2 Å². The molecule has 3 aromatic rings. The van der Waals surface area contributed by atoms with Gasteiger partial charge in [-0.3, -0.25) is 24.4 Å². The maximum Gasteiger partial charge on any atom is 0.416 e. The summed E-state index contributed by atoms with van der Waals surface area (Å²) in [6.45, 7) is 3.60. The van der Waals surface area contributed by atoms with Gasteiger partial charge in [-0.15, -0.1) is 0 Å². The van der Waals surface area contributed by atoms with Crippen LogP contribution in [-0.4, -0.2) is 88.9 Å². The van der Waals surface area contributed by atoms with E-state index in [1.165, 1.54) is 11.0 Å². The minimum absolute atomic E-state index is 0.0564. The van der Waals surface area contributed by atoms with E-state index in [2.05, 4.69) is 5.32 Å². The molecule has 2 saturated heterocycles. The fourth-order valence-corrected chi connectivity index (χ4v) is 7.45. The number of piperidine rings is 2. The highest BCUT2D eigenvalue weighted by Gasteiger charge is 2.45. The molecular weight excluding hydrogens is 734 g/mol. The van der Waals surface area contributed by atoms with Crippen LogP contribution in [-0.2, 0) is 15.8 Å². The number of carbonyl (C=O) groups excluding carboxylic acids is 2. The number of halogens is 5. The van der Waals surface area contributed by atoms with Crippen LogP contribution in [0.15, 0.2) is 71.7 Å². The van der Waals surface area contributed by atoms with E-state index in [1.807, 2.05) is 17.0 Å². The Balaban J connectivity index is 1.28. The highest BCUT2D eigenvalue weighted by Crippen LogP contribution is 2.46. The Kier molecular flexibility index (Phi) is 11.9. The van der Waals surface area contributed by atoms with Crippen molar-refractivity contribution in [1.82, 2.24) is 20.0 Å². The number of rotatable bonds is 9. The molecule has 3 aliphatic heterocycles. The summed E-state index contributed by atoms with van der Waals surface area (Å²) in [5, 5.41) is 13.3. The predicted molar refractivity (Wildman–Crippen MR) is 194 cm³/mol. The smallest absolute Gasteiger partial charge is 0.416 e. The number of benzene rings is 3. The second-order valence-corrected chi connectivity index (χ2v) is 14.3. The molecule has 3 amide bonds. The van der Waals surface area contributed by atoms with Crippen molar-refractivity contribution in [2.75, 3.05) is 39.3 Å². The van der Waals surface area contributed by atoms with E-state index in [4.69, 9.17) is 32.9 Å². The third kappa shape index (κ3) is 8.90. The number of carboxylic acid groups (broad SMARTS) is 1. The van der Waals surface area contributed by atoms with Crippen molar-refractivity contribution in [3.05, 3.63) is 99.0 Å². The normalized spacial score (nSPS) is 20.3. The quantitative estimate of drug-likeness (QED) is 0.234. The summed E-state index contributed by atoms with van der Waals surface area (Å²) in [6, 6.07) is 15.3. The minimum Gasteiger partial charge on any atom is -0.493 e. The van der Waals surface area contributed by atoms with E-state index >= 15 is 0 Å². The average Bonchev–Trinajstić information content (AvgIpc) is 3.52. The summed E-state index contributed by atoms with van der Waals surface area (Å²) >= 11 is 12.5. The Bertz CT molecular complexity index is 1830. The number of nitrogens with one attached hydrogen (secondary N) is 1. The number of aliphatic carboxylic acids is 1. The Labute approximate surface area is 315 Å². The molecule has 3 aliphatic rings. The molecule has 2 unspecified atom stereocenters. The van der Waals surface area contributed by atoms with E-state index in [0.29, 0.717) is 67.5 Å². The number of carboxylic acids is 1. The Morgan fingerprint density at radius 3 is 2.06 bits per heavy atom. The van der Waals surface area contributed by atoms with Crippen molar-refractivity contribution >= 4 is 46.9 Å². The van der Waals surface area contributed by atoms with Crippen LogP contribution in [0.3, 0.4) is 0 Å². The molecule has 2 atom stereocenters. The fraction of sp³-hybridized carbons (Fsp3) is 0.421. The van der Waals surface area contributed by atoms with Gasteiger partial charge in [-0.1, -0.05) is 47.5 Å². The predicted octanol–water partition coefficient (Wildman–Crippen LogP) is 7.45. The van der Waals surface area contributed by atoms with Crippen LogP contribution in [0.1, 0.15) is 66.9 Å². The van der Waals surface area contributed by atoms with Crippen LogP contribution in [0.25, 0.3) is 0 Å². The third-order valence-corrected chi connectivity index (χ3v) is 10.5. The van der Waals surface area contributed by atoms with Gasteiger partial charge in [0.1, 0.15) is 17.6 Å². The fourth-order valence-electron chi connectivity index (χ4n) is 7.19. The third-order valence-electron chi connectivity index (χ3n) is 9.98. The largest absolute Gasteiger partial charge is 0.493 e. The first kappa shape index (κ1) is 38.4. The van der Waals surface area contributed by atoms with Crippen molar-refractivity contribution in [1.29, 1.82) is 0 Å². The van der Waals surface area contributed by atoms with Crippen LogP contribution in [0.5, 0.6) is 5.75 Å². The van der Waals surface area contributed by atoms with Gasteiger partial charge < -0.3 is 20.1 Å². The van der Waals surface area contributed by atoms with Gasteiger partial charge in [0.05, 0.1) is 36.2 Å². The summed E-state index contributed by atoms with van der Waals surface area (Å²) in [6.07, 6.45) is -2.66. The van der Waals surface area contributed by atoms with Gasteiger partial charge in [0.25, 0.3) is 0 Å². The van der Waals surface area contributed by atoms with Gasteiger partial charge in [-0.2, -0.15) is 13.2 Å². The number of hydrogen-bond acceptors (Lipinski definition) is 6. The molecule has 15 heteroatoms. The molecule has 3 heterocycles. The van der Waals surface area contributed by atoms with E-state index in [9.17, 15) is 32.7 Å². The first-order chi connectivity index (χ1) is 25.3. The van der Waals surface area contributed by atoms with Gasteiger partial charge >= 0.3 is 18.2 Å². The first-order valence-corrected chi connectivity index (χ1v) is 18.3. The molecule has 0 saturated carbocycles. The number of alkyl halides is 3. The molecule has 282 valence electrons. The summed E-state index contributed by atoms with van der Waals surface area (Å²) < 4.78 is 47.3. The van der Waals surface area contributed by atoms with E-state index in [-0.39, 0.29) is 48.2 Å². The van der Waals surface area contributed by atoms with Crippen molar-refractivity contribution < 1.29 is 37.4 Å². The lowest BCUT2D eigenvalue weighted by molar-refractivity contribution is -0.143. The van der Waals surface area contributed by atoms with E-state index < -0.39 is 35.8 Å². The van der Waals surface area contributed by atoms with Crippen LogP contribution in [0.4, 0.5) is 18.0 Å². The molecule has 0 aliphatic carbocycles. The second kappa shape index (κ2) is 16.4. The Hall–Kier alpha value is -4.33. The average molecular weight is 775 g/mol. The zero-order chi connectivity index (χ0) is 37.9. The lowest BCUT2D eigenvalue weighted by Crippen LogP contribution is -2.53. The second-order valence-electron chi connectivity index (χ2n) is 13.5. The minimum atomic E-state index is -4.62. The monoisotopic (exact) mass is 773 g/mol. The molecule has 0 bridgehead atoms. The van der Waals surface area contributed by atoms with Crippen LogP contribution >= 0.6 is 23.2 Å². The van der Waals surface area contributed by atoms with Crippen LogP contribution < -0.4 is 10.1 Å².